The Morgan fingerprint density at radius 2 is 0.917 bits per heavy atom. The smallest absolute Gasteiger partial charge is 0.387 e. The molecule has 1 aliphatic rings. The molecule has 0 unspecified atom stereocenters. The molecule has 0 bridgehead atoms. The fraction of sp³-hybridized carbons (Fsp3) is 0.359. The van der Waals surface area contributed by atoms with Crippen LogP contribution in [0.15, 0.2) is 84.9 Å². The zero-order valence-electron chi connectivity index (χ0n) is 49.6. The maximum absolute atomic E-state index is 13.8. The van der Waals surface area contributed by atoms with Crippen LogP contribution in [0.4, 0.5) is 17.6 Å². The van der Waals surface area contributed by atoms with Gasteiger partial charge in [-0.05, 0) is 181 Å². The first-order valence-corrected chi connectivity index (χ1v) is 26.7. The largest absolute Gasteiger partial charge is 0.496 e. The van der Waals surface area contributed by atoms with Gasteiger partial charge < -0.3 is 54.0 Å². The number of hydrogen-bond donors (Lipinski definition) is 5. The molecule has 456 valence electrons. The lowest BCUT2D eigenvalue weighted by Crippen LogP contribution is -2.26. The average molecular weight is 1180 g/mol. The number of carboxylic acids is 5. The Balaban J connectivity index is 0.000000345. The summed E-state index contributed by atoms with van der Waals surface area (Å²) in [7, 11) is 4.30. The minimum Gasteiger partial charge on any atom is -0.496 e. The second kappa shape index (κ2) is 35.2. The minimum absolute atomic E-state index is 0.0330. The number of alkyl halides is 2. The van der Waals surface area contributed by atoms with Crippen molar-refractivity contribution >= 4 is 29.8 Å². The van der Waals surface area contributed by atoms with E-state index in [0.29, 0.717) is 52.7 Å². The van der Waals surface area contributed by atoms with E-state index in [1.54, 1.807) is 76.2 Å². The van der Waals surface area contributed by atoms with Gasteiger partial charge in [-0.1, -0.05) is 68.7 Å². The van der Waals surface area contributed by atoms with Crippen LogP contribution in [-0.2, 0) is 12.8 Å². The zero-order valence-corrected chi connectivity index (χ0v) is 49.6. The molecule has 1 fully saturated rings. The number of aryl methyl sites for hydroxylation is 9. The van der Waals surface area contributed by atoms with Gasteiger partial charge in [0.05, 0.1) is 45.2 Å². The summed E-state index contributed by atoms with van der Waals surface area (Å²) in [5, 5.41) is 44.6. The first-order valence-electron chi connectivity index (χ1n) is 26.7. The van der Waals surface area contributed by atoms with Crippen molar-refractivity contribution in [1.82, 2.24) is 0 Å². The minimum atomic E-state index is -2.74. The van der Waals surface area contributed by atoms with E-state index in [1.165, 1.54) is 39.5 Å². The Bertz CT molecular complexity index is 3160. The molecule has 84 heavy (non-hydrogen) atoms. The molecule has 7 rings (SSSR count). The lowest BCUT2D eigenvalue weighted by atomic mass is 9.96. The first kappa shape index (κ1) is 71.3. The molecular weight excluding hydrogens is 1100 g/mol. The third-order valence-electron chi connectivity index (χ3n) is 12.3. The van der Waals surface area contributed by atoms with Crippen molar-refractivity contribution in [3.8, 4) is 34.5 Å². The summed E-state index contributed by atoms with van der Waals surface area (Å²) < 4.78 is 80.6. The number of ether oxygens (including phenoxy) is 6. The number of methoxy groups -OCH3 is 3. The van der Waals surface area contributed by atoms with Gasteiger partial charge in [0.2, 0.25) is 0 Å². The van der Waals surface area contributed by atoms with Crippen LogP contribution in [0.25, 0.3) is 0 Å². The molecule has 16 nitrogen and oxygen atoms in total. The molecule has 0 spiro atoms. The van der Waals surface area contributed by atoms with Gasteiger partial charge in [0.15, 0.2) is 11.6 Å². The highest BCUT2D eigenvalue weighted by Gasteiger charge is 2.26. The number of aromatic carboxylic acids is 5. The Hall–Kier alpha value is -8.81. The normalized spacial score (nSPS) is 11.1. The Labute approximate surface area is 487 Å². The number of benzene rings is 6. The molecule has 0 aliphatic heterocycles. The van der Waals surface area contributed by atoms with Gasteiger partial charge in [-0.25, -0.2) is 32.8 Å². The fourth-order valence-electron chi connectivity index (χ4n) is 8.07. The van der Waals surface area contributed by atoms with Crippen molar-refractivity contribution in [3.05, 3.63) is 174 Å². The summed E-state index contributed by atoms with van der Waals surface area (Å²) in [6, 6.07) is 23.2. The second-order valence-corrected chi connectivity index (χ2v) is 19.2. The maximum atomic E-state index is 13.8. The molecule has 6 aromatic carbocycles. The lowest BCUT2D eigenvalue weighted by Gasteiger charge is -2.27. The summed E-state index contributed by atoms with van der Waals surface area (Å²) in [6.07, 6.45) is 5.98. The highest BCUT2D eigenvalue weighted by molar-refractivity contribution is 5.95. The molecule has 5 N–H and O–H groups in total. The predicted octanol–water partition coefficient (Wildman–Crippen LogP) is 14.9. The van der Waals surface area contributed by atoms with E-state index < -0.39 is 48.1 Å². The quantitative estimate of drug-likeness (QED) is 0.0503. The Kier molecular flexibility index (Phi) is 29.9. The van der Waals surface area contributed by atoms with Crippen LogP contribution in [0.2, 0.25) is 0 Å². The second-order valence-electron chi connectivity index (χ2n) is 19.2. The fourth-order valence-corrected chi connectivity index (χ4v) is 8.07. The zero-order chi connectivity index (χ0) is 63.5. The van der Waals surface area contributed by atoms with Gasteiger partial charge in [0, 0.05) is 0 Å². The number of hydrogen-bond acceptors (Lipinski definition) is 11. The Morgan fingerprint density at radius 1 is 0.500 bits per heavy atom. The molecule has 0 radical (unpaired) electrons. The summed E-state index contributed by atoms with van der Waals surface area (Å²) in [5.41, 5.74) is 7.52. The molecule has 20 heteroatoms. The highest BCUT2D eigenvalue weighted by atomic mass is 19.3. The third-order valence-corrected chi connectivity index (χ3v) is 12.3. The van der Waals surface area contributed by atoms with Gasteiger partial charge in [0.25, 0.3) is 0 Å². The summed E-state index contributed by atoms with van der Waals surface area (Å²) >= 11 is 0. The number of rotatable bonds is 18. The molecule has 6 aromatic rings. The predicted molar refractivity (Wildman–Crippen MR) is 310 cm³/mol. The number of halogens is 4. The summed E-state index contributed by atoms with van der Waals surface area (Å²) in [5.74, 6) is -5.04. The number of carboxylic acid groups (broad SMARTS) is 5. The topological polar surface area (TPSA) is 242 Å². The Morgan fingerprint density at radius 3 is 1.36 bits per heavy atom. The van der Waals surface area contributed by atoms with E-state index in [0.717, 1.165) is 77.5 Å². The van der Waals surface area contributed by atoms with E-state index in [9.17, 15) is 41.5 Å². The van der Waals surface area contributed by atoms with Crippen LogP contribution in [0, 0.1) is 60.1 Å². The van der Waals surface area contributed by atoms with Gasteiger partial charge in [-0.15, -0.1) is 0 Å². The molecule has 1 aliphatic carbocycles. The molecular formula is C64H76F4O16. The standard InChI is InChI=1S/C12H13FO3.C11H13FO2.C11H14O4.C11H14O2.C10H12O4.C9H10F2O/c1-7-5-6-9(12(14)15)11(10(7)13)16-8-3-2-4-8;1-3-4-8-5-7(2)6-9(12)10(8)11(13)14;1-4-15-9-6-7(2)5-8(14-3)10(9)11(12)13;1-3-4-9-7-8(2)5-6-10(9)11(12)13;1-6-4-7(13-2)9(10(11)12)8(5-6)14-3;1-6-3-4-7(2)8(5-6)12-9(10)11/h5-6,8H,2-4H2,1H3,(H,14,15);5-6H,3-4H2,1-2H3,(H,13,14);5-6H,4H2,1-3H3,(H,12,13);5-7H,3-4H2,1-2H3,(H,12,13);4-5H,1-3H3,(H,11,12);3-5,9H,1-2H3. The van der Waals surface area contributed by atoms with Gasteiger partial charge >= 0.3 is 36.5 Å². The van der Waals surface area contributed by atoms with Crippen LogP contribution >= 0.6 is 0 Å². The summed E-state index contributed by atoms with van der Waals surface area (Å²) in [4.78, 5) is 54.5. The molecule has 1 saturated carbocycles. The average Bonchev–Trinajstić information content (AvgIpc) is 3.54. The SMILES string of the molecule is CCCc1cc(C)cc(F)c1C(=O)O.CCCc1cc(C)ccc1C(=O)O.CCOc1cc(C)cc(OC)c1C(=O)O.COc1cc(C)cc(OC)c1C(=O)O.Cc1ccc(C(=O)O)c(OC2CCC2)c1F.Cc1ccc(C)c(OC(F)F)c1. The van der Waals surface area contributed by atoms with E-state index in [4.69, 9.17) is 49.2 Å². The van der Waals surface area contributed by atoms with Crippen LogP contribution in [0.1, 0.15) is 155 Å². The van der Waals surface area contributed by atoms with E-state index in [-0.39, 0.29) is 39.9 Å². The van der Waals surface area contributed by atoms with Gasteiger partial charge in [-0.3, -0.25) is 0 Å². The van der Waals surface area contributed by atoms with Crippen LogP contribution in [0.3, 0.4) is 0 Å². The summed E-state index contributed by atoms with van der Waals surface area (Å²) in [6.45, 7) is 16.1. The first-order chi connectivity index (χ1) is 39.6. The molecule has 0 saturated heterocycles. The van der Waals surface area contributed by atoms with Crippen molar-refractivity contribution in [2.24, 2.45) is 0 Å². The van der Waals surface area contributed by atoms with Crippen molar-refractivity contribution in [3.63, 3.8) is 0 Å². The van der Waals surface area contributed by atoms with Crippen molar-refractivity contribution < 1.29 is 95.5 Å². The van der Waals surface area contributed by atoms with Gasteiger partial charge in [-0.2, -0.15) is 8.78 Å². The van der Waals surface area contributed by atoms with E-state index in [1.807, 2.05) is 59.7 Å². The number of carbonyl (C=O) groups is 5. The third kappa shape index (κ3) is 22.2. The molecule has 0 heterocycles. The van der Waals surface area contributed by atoms with Crippen LogP contribution < -0.4 is 28.4 Å². The maximum Gasteiger partial charge on any atom is 0.387 e. The van der Waals surface area contributed by atoms with Crippen molar-refractivity contribution in [2.75, 3.05) is 27.9 Å². The monoisotopic (exact) mass is 1180 g/mol. The highest BCUT2D eigenvalue weighted by Crippen LogP contribution is 2.33. The van der Waals surface area contributed by atoms with Crippen LogP contribution in [0.5, 0.6) is 34.5 Å². The van der Waals surface area contributed by atoms with Crippen molar-refractivity contribution in [2.45, 2.75) is 127 Å². The lowest BCUT2D eigenvalue weighted by molar-refractivity contribution is -0.0503. The molecule has 0 aromatic heterocycles. The molecule has 0 amide bonds. The van der Waals surface area contributed by atoms with E-state index >= 15 is 0 Å². The van der Waals surface area contributed by atoms with Crippen LogP contribution in [-0.4, -0.2) is 96.0 Å². The van der Waals surface area contributed by atoms with E-state index in [2.05, 4.69) is 4.74 Å². The van der Waals surface area contributed by atoms with Crippen molar-refractivity contribution in [1.29, 1.82) is 0 Å². The van der Waals surface area contributed by atoms with Gasteiger partial charge in [0.1, 0.15) is 51.3 Å². The molecule has 0 atom stereocenters.